The van der Waals surface area contributed by atoms with E-state index in [4.69, 9.17) is 0 Å². The van der Waals surface area contributed by atoms with Gasteiger partial charge in [0.2, 0.25) is 11.8 Å². The van der Waals surface area contributed by atoms with E-state index < -0.39 is 35.7 Å². The van der Waals surface area contributed by atoms with E-state index in [0.717, 1.165) is 0 Å². The van der Waals surface area contributed by atoms with Crippen LogP contribution in [0.5, 0.6) is 0 Å². The number of ketones is 1. The molecule has 0 radical (unpaired) electrons. The molecular weight excluding hydrogens is 520 g/mol. The molecule has 3 aromatic rings. The number of fused-ring (bicyclic) bond motifs is 1. The van der Waals surface area contributed by atoms with Gasteiger partial charge in [-0.15, -0.1) is 11.3 Å². The van der Waals surface area contributed by atoms with Gasteiger partial charge < -0.3 is 20.9 Å². The molecule has 1 unspecified atom stereocenters. The molecule has 202 valence electrons. The van der Waals surface area contributed by atoms with E-state index in [2.05, 4.69) is 20.9 Å². The first-order chi connectivity index (χ1) is 18.7. The fraction of sp³-hybridized carbons (Fsp3) is 0.259. The minimum atomic E-state index is -1.14. The Morgan fingerprint density at radius 1 is 1.05 bits per heavy atom. The average molecular weight is 549 g/mol. The molecule has 0 saturated heterocycles. The first kappa shape index (κ1) is 27.6. The fourth-order valence-corrected chi connectivity index (χ4v) is 4.61. The summed E-state index contributed by atoms with van der Waals surface area (Å²) in [4.78, 5) is 71.7. The van der Waals surface area contributed by atoms with E-state index in [9.17, 15) is 24.0 Å². The van der Waals surface area contributed by atoms with Gasteiger partial charge in [0.15, 0.2) is 10.9 Å². The van der Waals surface area contributed by atoms with Crippen LogP contribution in [0.25, 0.3) is 0 Å². The van der Waals surface area contributed by atoms with Crippen LogP contribution >= 0.6 is 11.3 Å². The van der Waals surface area contributed by atoms with E-state index in [1.807, 2.05) is 0 Å². The number of rotatable bonds is 8. The molecule has 0 bridgehead atoms. The molecule has 0 aliphatic carbocycles. The second-order valence-corrected chi connectivity index (χ2v) is 9.81. The standard InChI is InChI=1S/C27H28N6O5S/c1-16(28-3)24(36)30-20-14-32(25(37)19-10-8-18(9-11-19)17(2)34)21-6-4-5-7-22(21)33(26(20)38)15-23(35)31-27-29-12-13-39-27/h4-13,16,20,28H,14-15H2,1-3H3,(H,30,36)(H,29,31,35)/t16?,20-/m0/s1. The zero-order valence-electron chi connectivity index (χ0n) is 21.6. The van der Waals surface area contributed by atoms with E-state index in [1.165, 1.54) is 28.1 Å². The largest absolute Gasteiger partial charge is 0.341 e. The summed E-state index contributed by atoms with van der Waals surface area (Å²) >= 11 is 1.24. The molecule has 0 spiro atoms. The van der Waals surface area contributed by atoms with Gasteiger partial charge in [-0.05, 0) is 45.2 Å². The van der Waals surface area contributed by atoms with Crippen LogP contribution in [0.1, 0.15) is 34.6 Å². The summed E-state index contributed by atoms with van der Waals surface area (Å²) in [6.07, 6.45) is 1.55. The molecule has 2 heterocycles. The molecule has 2 atom stereocenters. The SMILES string of the molecule is CNC(C)C(=O)N[C@H]1CN(C(=O)c2ccc(C(C)=O)cc2)c2ccccc2N(CC(=O)Nc2nccs2)C1=O. The van der Waals surface area contributed by atoms with Crippen LogP contribution in [0.15, 0.2) is 60.1 Å². The molecule has 12 heteroatoms. The Morgan fingerprint density at radius 3 is 2.33 bits per heavy atom. The van der Waals surface area contributed by atoms with E-state index in [-0.39, 0.29) is 18.9 Å². The molecule has 11 nitrogen and oxygen atoms in total. The van der Waals surface area contributed by atoms with Crippen molar-refractivity contribution in [2.45, 2.75) is 25.9 Å². The summed E-state index contributed by atoms with van der Waals surface area (Å²) < 4.78 is 0. The van der Waals surface area contributed by atoms with Crippen molar-refractivity contribution in [3.8, 4) is 0 Å². The van der Waals surface area contributed by atoms with Crippen molar-refractivity contribution in [1.29, 1.82) is 0 Å². The number of benzene rings is 2. The lowest BCUT2D eigenvalue weighted by Crippen LogP contribution is -2.56. The van der Waals surface area contributed by atoms with Gasteiger partial charge in [0.25, 0.3) is 11.8 Å². The topological polar surface area (TPSA) is 141 Å². The Morgan fingerprint density at radius 2 is 1.72 bits per heavy atom. The summed E-state index contributed by atoms with van der Waals surface area (Å²) in [5.74, 6) is -2.03. The number of hydrogen-bond donors (Lipinski definition) is 3. The molecule has 0 fully saturated rings. The lowest BCUT2D eigenvalue weighted by Gasteiger charge is -2.26. The normalized spacial score (nSPS) is 15.7. The smallest absolute Gasteiger partial charge is 0.258 e. The number of hydrogen-bond acceptors (Lipinski definition) is 8. The Balaban J connectivity index is 1.73. The number of likely N-dealkylation sites (N-methyl/N-ethyl adjacent to an activating group) is 1. The zero-order chi connectivity index (χ0) is 28.1. The fourth-order valence-electron chi connectivity index (χ4n) is 4.07. The van der Waals surface area contributed by atoms with Crippen molar-refractivity contribution in [2.75, 3.05) is 35.3 Å². The van der Waals surface area contributed by atoms with Gasteiger partial charge in [-0.2, -0.15) is 0 Å². The summed E-state index contributed by atoms with van der Waals surface area (Å²) in [5.41, 5.74) is 1.49. The van der Waals surface area contributed by atoms with Gasteiger partial charge in [0.05, 0.1) is 24.0 Å². The quantitative estimate of drug-likeness (QED) is 0.366. The highest BCUT2D eigenvalue weighted by atomic mass is 32.1. The van der Waals surface area contributed by atoms with E-state index in [0.29, 0.717) is 27.6 Å². The minimum absolute atomic E-state index is 0.132. The lowest BCUT2D eigenvalue weighted by atomic mass is 10.1. The number of carbonyl (C=O) groups is 5. The Bertz CT molecular complexity index is 1390. The average Bonchev–Trinajstić information content (AvgIpc) is 3.42. The first-order valence-corrected chi connectivity index (χ1v) is 13.1. The number of amides is 4. The monoisotopic (exact) mass is 548 g/mol. The lowest BCUT2D eigenvalue weighted by molar-refractivity contribution is -0.128. The maximum Gasteiger partial charge on any atom is 0.258 e. The molecule has 3 N–H and O–H groups in total. The van der Waals surface area contributed by atoms with E-state index in [1.54, 1.807) is 74.1 Å². The molecule has 4 amide bonds. The number of nitrogens with one attached hydrogen (secondary N) is 3. The number of aromatic nitrogens is 1. The first-order valence-electron chi connectivity index (χ1n) is 12.2. The summed E-state index contributed by atoms with van der Waals surface area (Å²) in [6, 6.07) is 11.2. The number of anilines is 3. The number of Topliss-reactive ketones (excluding diaryl/α,β-unsaturated/α-hetero) is 1. The predicted octanol–water partition coefficient (Wildman–Crippen LogP) is 2.07. The summed E-state index contributed by atoms with van der Waals surface area (Å²) in [7, 11) is 1.62. The zero-order valence-corrected chi connectivity index (χ0v) is 22.5. The molecule has 4 rings (SSSR count). The van der Waals surface area contributed by atoms with Gasteiger partial charge >= 0.3 is 0 Å². The third-order valence-electron chi connectivity index (χ3n) is 6.30. The summed E-state index contributed by atoms with van der Waals surface area (Å²) in [5, 5.41) is 10.3. The number of para-hydroxylation sites is 2. The van der Waals surface area contributed by atoms with Crippen LogP contribution in [-0.4, -0.2) is 66.6 Å². The van der Waals surface area contributed by atoms with E-state index >= 15 is 0 Å². The number of nitrogens with zero attached hydrogens (tertiary/aromatic N) is 3. The molecule has 2 aromatic carbocycles. The van der Waals surface area contributed by atoms with Crippen molar-refractivity contribution in [3.63, 3.8) is 0 Å². The van der Waals surface area contributed by atoms with Gasteiger partial charge in [0, 0.05) is 22.7 Å². The van der Waals surface area contributed by atoms with Crippen LogP contribution in [0.2, 0.25) is 0 Å². The number of thiazole rings is 1. The Kier molecular flexibility index (Phi) is 8.47. The number of carbonyl (C=O) groups excluding carboxylic acids is 5. The van der Waals surface area contributed by atoms with Crippen molar-refractivity contribution < 1.29 is 24.0 Å². The van der Waals surface area contributed by atoms with Gasteiger partial charge in [-0.1, -0.05) is 24.3 Å². The molecule has 1 aromatic heterocycles. The third kappa shape index (κ3) is 6.19. The predicted molar refractivity (Wildman–Crippen MR) is 148 cm³/mol. The molecule has 39 heavy (non-hydrogen) atoms. The molecule has 1 aliphatic rings. The highest BCUT2D eigenvalue weighted by molar-refractivity contribution is 7.13. The van der Waals surface area contributed by atoms with Gasteiger partial charge in [-0.25, -0.2) is 4.98 Å². The van der Waals surface area contributed by atoms with Crippen LogP contribution in [0.3, 0.4) is 0 Å². The van der Waals surface area contributed by atoms with Crippen LogP contribution in [-0.2, 0) is 14.4 Å². The molecule has 1 aliphatic heterocycles. The highest BCUT2D eigenvalue weighted by Crippen LogP contribution is 2.34. The summed E-state index contributed by atoms with van der Waals surface area (Å²) in [6.45, 7) is 2.55. The van der Waals surface area contributed by atoms with Crippen molar-refractivity contribution in [1.82, 2.24) is 15.6 Å². The Hall–Kier alpha value is -4.42. The minimum Gasteiger partial charge on any atom is -0.341 e. The highest BCUT2D eigenvalue weighted by Gasteiger charge is 2.38. The van der Waals surface area contributed by atoms with Crippen molar-refractivity contribution in [3.05, 3.63) is 71.2 Å². The van der Waals surface area contributed by atoms with Crippen molar-refractivity contribution >= 4 is 57.3 Å². The third-order valence-corrected chi connectivity index (χ3v) is 6.99. The molecular formula is C27H28N6O5S. The second kappa shape index (κ2) is 12.0. The van der Waals surface area contributed by atoms with Gasteiger partial charge in [0.1, 0.15) is 12.6 Å². The van der Waals surface area contributed by atoms with Crippen molar-refractivity contribution in [2.24, 2.45) is 0 Å². The van der Waals surface area contributed by atoms with Gasteiger partial charge in [-0.3, -0.25) is 28.9 Å². The molecule has 0 saturated carbocycles. The van der Waals surface area contributed by atoms with Crippen LogP contribution in [0.4, 0.5) is 16.5 Å². The maximum absolute atomic E-state index is 13.8. The maximum atomic E-state index is 13.8. The van der Waals surface area contributed by atoms with Crippen LogP contribution in [0, 0.1) is 0 Å². The Labute approximate surface area is 229 Å². The second-order valence-electron chi connectivity index (χ2n) is 8.92. The van der Waals surface area contributed by atoms with Crippen LogP contribution < -0.4 is 25.8 Å².